The monoisotopic (exact) mass is 421 g/mol. The largest absolute Gasteiger partial charge is 0.507 e. The van der Waals surface area contributed by atoms with Crippen molar-refractivity contribution in [1.82, 2.24) is 4.90 Å². The quantitative estimate of drug-likeness (QED) is 0.368. The lowest BCUT2D eigenvalue weighted by molar-refractivity contribution is -0.140. The summed E-state index contributed by atoms with van der Waals surface area (Å²) in [5.41, 5.74) is 0.660. The Kier molecular flexibility index (Phi) is 5.29. The molecule has 4 rings (SSSR count). The zero-order valence-electron chi connectivity index (χ0n) is 16.1. The summed E-state index contributed by atoms with van der Waals surface area (Å²) < 4.78 is 5.21. The molecule has 30 heavy (non-hydrogen) atoms. The van der Waals surface area contributed by atoms with E-state index in [4.69, 9.17) is 4.74 Å². The molecule has 1 amide bonds. The van der Waals surface area contributed by atoms with E-state index < -0.39 is 17.7 Å². The van der Waals surface area contributed by atoms with Gasteiger partial charge in [0.25, 0.3) is 11.7 Å². The number of ketones is 1. The van der Waals surface area contributed by atoms with Crippen molar-refractivity contribution in [2.45, 2.75) is 12.6 Å². The SMILES string of the molecule is COc1cccc(C2/C(=C(\O)c3ccccc3)C(=O)C(=O)N2Cc2cccs2)c1O. The molecule has 1 aromatic heterocycles. The highest BCUT2D eigenvalue weighted by Crippen LogP contribution is 2.45. The summed E-state index contributed by atoms with van der Waals surface area (Å²) >= 11 is 1.46. The molecule has 0 saturated carbocycles. The number of ether oxygens (including phenoxy) is 1. The Labute approximate surface area is 177 Å². The van der Waals surface area contributed by atoms with Gasteiger partial charge in [-0.1, -0.05) is 48.5 Å². The number of aromatic hydroxyl groups is 1. The average molecular weight is 421 g/mol. The fourth-order valence-corrected chi connectivity index (χ4v) is 4.32. The standard InChI is InChI=1S/C23H19NO5S/c1-29-17-11-5-10-16(21(17)26)19-18(20(25)14-7-3-2-4-8-14)22(27)23(28)24(19)13-15-9-6-12-30-15/h2-12,19,25-26H,13H2,1H3/b20-18+. The van der Waals surface area contributed by atoms with Gasteiger partial charge < -0.3 is 19.8 Å². The van der Waals surface area contributed by atoms with E-state index in [-0.39, 0.29) is 29.4 Å². The van der Waals surface area contributed by atoms with E-state index in [0.717, 1.165) is 4.88 Å². The molecule has 1 fully saturated rings. The third-order valence-electron chi connectivity index (χ3n) is 5.04. The lowest BCUT2D eigenvalue weighted by Gasteiger charge is -2.26. The van der Waals surface area contributed by atoms with Crippen LogP contribution in [0.25, 0.3) is 5.76 Å². The predicted molar refractivity (Wildman–Crippen MR) is 113 cm³/mol. The van der Waals surface area contributed by atoms with E-state index in [2.05, 4.69) is 0 Å². The highest BCUT2D eigenvalue weighted by Gasteiger charge is 2.47. The van der Waals surface area contributed by atoms with E-state index in [0.29, 0.717) is 11.1 Å². The van der Waals surface area contributed by atoms with Crippen LogP contribution in [0.1, 0.15) is 22.0 Å². The number of carbonyl (C=O) groups is 2. The number of aliphatic hydroxyl groups is 1. The summed E-state index contributed by atoms with van der Waals surface area (Å²) in [6.07, 6.45) is 0. The smallest absolute Gasteiger partial charge is 0.295 e. The van der Waals surface area contributed by atoms with Crippen LogP contribution in [0.5, 0.6) is 11.5 Å². The number of phenols is 1. The molecule has 0 bridgehead atoms. The lowest BCUT2D eigenvalue weighted by atomic mass is 9.94. The fraction of sp³-hybridized carbons (Fsp3) is 0.130. The second-order valence-electron chi connectivity index (χ2n) is 6.77. The number of rotatable bonds is 5. The number of Topliss-reactive ketones (excluding diaryl/α,β-unsaturated/α-hetero) is 1. The first kappa shape index (κ1) is 19.7. The van der Waals surface area contributed by atoms with Crippen LogP contribution in [0, 0.1) is 0 Å². The summed E-state index contributed by atoms with van der Waals surface area (Å²) in [4.78, 5) is 28.2. The van der Waals surface area contributed by atoms with Crippen LogP contribution >= 0.6 is 11.3 Å². The minimum atomic E-state index is -0.956. The Morgan fingerprint density at radius 2 is 1.83 bits per heavy atom. The Bertz CT molecular complexity index is 1120. The molecule has 2 heterocycles. The molecule has 7 heteroatoms. The molecule has 1 saturated heterocycles. The molecule has 1 atom stereocenters. The Morgan fingerprint density at radius 3 is 2.50 bits per heavy atom. The van der Waals surface area contributed by atoms with Gasteiger partial charge in [0.1, 0.15) is 5.76 Å². The van der Waals surface area contributed by atoms with Crippen LogP contribution in [-0.2, 0) is 16.1 Å². The van der Waals surface area contributed by atoms with E-state index in [1.807, 2.05) is 17.5 Å². The number of hydrogen-bond donors (Lipinski definition) is 2. The number of carbonyl (C=O) groups excluding carboxylic acids is 2. The number of para-hydroxylation sites is 1. The molecule has 1 aliphatic rings. The summed E-state index contributed by atoms with van der Waals surface area (Å²) in [5.74, 6) is -1.76. The molecule has 0 spiro atoms. The van der Waals surface area contributed by atoms with Crippen LogP contribution in [0.15, 0.2) is 71.6 Å². The van der Waals surface area contributed by atoms with Crippen molar-refractivity contribution >= 4 is 28.8 Å². The third-order valence-corrected chi connectivity index (χ3v) is 5.90. The van der Waals surface area contributed by atoms with Crippen LogP contribution in [-0.4, -0.2) is 33.9 Å². The zero-order chi connectivity index (χ0) is 21.3. The maximum atomic E-state index is 13.0. The van der Waals surface area contributed by atoms with Crippen LogP contribution in [0.3, 0.4) is 0 Å². The Balaban J connectivity index is 1.92. The second-order valence-corrected chi connectivity index (χ2v) is 7.80. The van der Waals surface area contributed by atoms with Gasteiger partial charge in [-0.3, -0.25) is 9.59 Å². The van der Waals surface area contributed by atoms with Gasteiger partial charge in [0.05, 0.1) is 25.3 Å². The molecular formula is C23H19NO5S. The number of phenolic OH excluding ortho intramolecular Hbond substituents is 1. The summed E-state index contributed by atoms with van der Waals surface area (Å²) in [7, 11) is 1.42. The minimum absolute atomic E-state index is 0.0636. The lowest BCUT2D eigenvalue weighted by Crippen LogP contribution is -2.28. The van der Waals surface area contributed by atoms with Gasteiger partial charge in [-0.2, -0.15) is 0 Å². The van der Waals surface area contributed by atoms with Crippen molar-refractivity contribution in [2.24, 2.45) is 0 Å². The normalized spacial score (nSPS) is 18.0. The Hall–Kier alpha value is -3.58. The Morgan fingerprint density at radius 1 is 1.07 bits per heavy atom. The number of likely N-dealkylation sites (tertiary alicyclic amines) is 1. The van der Waals surface area contributed by atoms with Crippen molar-refractivity contribution in [3.63, 3.8) is 0 Å². The summed E-state index contributed by atoms with van der Waals surface area (Å²) in [6.45, 7) is 0.176. The topological polar surface area (TPSA) is 87.1 Å². The molecule has 2 N–H and O–H groups in total. The maximum Gasteiger partial charge on any atom is 0.295 e. The first-order valence-corrected chi connectivity index (χ1v) is 10.1. The number of amides is 1. The number of aliphatic hydroxyl groups excluding tert-OH is 1. The summed E-state index contributed by atoms with van der Waals surface area (Å²) in [6, 6.07) is 16.2. The highest BCUT2D eigenvalue weighted by atomic mass is 32.1. The van der Waals surface area contributed by atoms with Gasteiger partial charge in [0.2, 0.25) is 0 Å². The summed E-state index contributed by atoms with van der Waals surface area (Å²) in [5, 5.41) is 23.6. The van der Waals surface area contributed by atoms with Crippen molar-refractivity contribution in [2.75, 3.05) is 7.11 Å². The average Bonchev–Trinajstić information content (AvgIpc) is 3.37. The predicted octanol–water partition coefficient (Wildman–Crippen LogP) is 4.08. The van der Waals surface area contributed by atoms with E-state index >= 15 is 0 Å². The van der Waals surface area contributed by atoms with Crippen molar-refractivity contribution in [1.29, 1.82) is 0 Å². The van der Waals surface area contributed by atoms with Crippen LogP contribution < -0.4 is 4.74 Å². The van der Waals surface area contributed by atoms with Gasteiger partial charge in [0.15, 0.2) is 11.5 Å². The first-order valence-electron chi connectivity index (χ1n) is 9.25. The number of nitrogens with zero attached hydrogens (tertiary/aromatic N) is 1. The van der Waals surface area contributed by atoms with E-state index in [1.165, 1.54) is 23.3 Å². The van der Waals surface area contributed by atoms with E-state index in [1.54, 1.807) is 48.5 Å². The zero-order valence-corrected chi connectivity index (χ0v) is 16.9. The van der Waals surface area contributed by atoms with Gasteiger partial charge >= 0.3 is 0 Å². The fourth-order valence-electron chi connectivity index (χ4n) is 3.61. The third kappa shape index (κ3) is 3.33. The van der Waals surface area contributed by atoms with Gasteiger partial charge in [-0.25, -0.2) is 0 Å². The molecule has 0 aliphatic carbocycles. The van der Waals surface area contributed by atoms with Gasteiger partial charge in [0, 0.05) is 16.0 Å². The number of thiophene rings is 1. The molecule has 1 unspecified atom stereocenters. The van der Waals surface area contributed by atoms with Gasteiger partial charge in [-0.05, 0) is 17.5 Å². The molecular weight excluding hydrogens is 402 g/mol. The van der Waals surface area contributed by atoms with Crippen LogP contribution in [0.4, 0.5) is 0 Å². The van der Waals surface area contributed by atoms with Crippen molar-refractivity contribution in [3.05, 3.63) is 87.6 Å². The van der Waals surface area contributed by atoms with Crippen molar-refractivity contribution < 1.29 is 24.5 Å². The van der Waals surface area contributed by atoms with Gasteiger partial charge in [-0.15, -0.1) is 11.3 Å². The first-order chi connectivity index (χ1) is 14.5. The minimum Gasteiger partial charge on any atom is -0.507 e. The maximum absolute atomic E-state index is 13.0. The molecule has 2 aromatic carbocycles. The highest BCUT2D eigenvalue weighted by molar-refractivity contribution is 7.09. The second kappa shape index (κ2) is 8.04. The van der Waals surface area contributed by atoms with Crippen molar-refractivity contribution in [3.8, 4) is 11.5 Å². The molecule has 0 radical (unpaired) electrons. The van der Waals surface area contributed by atoms with E-state index in [9.17, 15) is 19.8 Å². The molecule has 152 valence electrons. The number of hydrogen-bond acceptors (Lipinski definition) is 6. The van der Waals surface area contributed by atoms with Crippen LogP contribution in [0.2, 0.25) is 0 Å². The molecule has 3 aromatic rings. The molecule has 1 aliphatic heterocycles. The number of methoxy groups -OCH3 is 1. The number of benzene rings is 2. The molecule has 6 nitrogen and oxygen atoms in total.